The number of hydrogen-bond donors (Lipinski definition) is 0. The van der Waals surface area contributed by atoms with E-state index in [1.165, 1.54) is 24.3 Å². The van der Waals surface area contributed by atoms with Crippen molar-refractivity contribution in [1.82, 2.24) is 4.90 Å². The minimum absolute atomic E-state index is 0.126. The van der Waals surface area contributed by atoms with Gasteiger partial charge in [-0.05, 0) is 54.0 Å². The van der Waals surface area contributed by atoms with Gasteiger partial charge in [-0.25, -0.2) is 4.90 Å². The molecule has 2 aromatic carbocycles. The van der Waals surface area contributed by atoms with Crippen LogP contribution in [0, 0.1) is 0 Å². The van der Waals surface area contributed by atoms with Crippen LogP contribution in [0.2, 0.25) is 0 Å². The lowest BCUT2D eigenvalue weighted by Gasteiger charge is -2.24. The van der Waals surface area contributed by atoms with Crippen molar-refractivity contribution in [3.8, 4) is 0 Å². The number of hydrogen-bond acceptors (Lipinski definition) is 6. The molecule has 0 atom stereocenters. The van der Waals surface area contributed by atoms with E-state index < -0.39 is 34.6 Å². The molecule has 1 aromatic heterocycles. The highest BCUT2D eigenvalue weighted by Crippen LogP contribution is 2.32. The highest BCUT2D eigenvalue weighted by atomic mass is 32.1. The molecule has 0 fully saturated rings. The van der Waals surface area contributed by atoms with Gasteiger partial charge in [0.1, 0.15) is 6.61 Å². The Morgan fingerprint density at radius 2 is 1.68 bits per heavy atom. The van der Waals surface area contributed by atoms with Crippen LogP contribution in [0.1, 0.15) is 36.0 Å². The molecular formula is C23H15F3N2O4S2. The molecule has 1 aliphatic rings. The number of anilines is 1. The molecule has 0 aliphatic carbocycles. The first kappa shape index (κ1) is 23.6. The number of imide groups is 1. The summed E-state index contributed by atoms with van der Waals surface area (Å²) in [5, 5.41) is 1.23. The van der Waals surface area contributed by atoms with E-state index in [0.717, 1.165) is 39.3 Å². The van der Waals surface area contributed by atoms with Crippen LogP contribution >= 0.6 is 23.6 Å². The molecule has 1 aliphatic heterocycles. The minimum Gasteiger partial charge on any atom is -0.468 e. The molecule has 0 spiro atoms. The van der Waals surface area contributed by atoms with E-state index in [2.05, 4.69) is 0 Å². The summed E-state index contributed by atoms with van der Waals surface area (Å²) in [4.78, 5) is 40.1. The average Bonchev–Trinajstić information content (AvgIpc) is 3.43. The number of benzene rings is 2. The van der Waals surface area contributed by atoms with E-state index in [1.807, 2.05) is 0 Å². The van der Waals surface area contributed by atoms with Gasteiger partial charge in [0.15, 0.2) is 0 Å². The van der Waals surface area contributed by atoms with Gasteiger partial charge in [-0.15, -0.1) is 11.3 Å². The molecule has 0 radical (unpaired) electrons. The third-order valence-electron chi connectivity index (χ3n) is 4.97. The molecule has 11 heteroatoms. The zero-order chi connectivity index (χ0) is 24.5. The molecule has 2 heterocycles. The first-order chi connectivity index (χ1) is 16.2. The van der Waals surface area contributed by atoms with Crippen LogP contribution in [0.15, 0.2) is 66.0 Å². The Balaban J connectivity index is 1.52. The summed E-state index contributed by atoms with van der Waals surface area (Å²) in [5.41, 5.74) is -0.538. The molecule has 0 bridgehead atoms. The van der Waals surface area contributed by atoms with Gasteiger partial charge in [-0.3, -0.25) is 19.3 Å². The molecule has 0 N–H and O–H groups in total. The summed E-state index contributed by atoms with van der Waals surface area (Å²) in [5.74, 6) is -1.64. The van der Waals surface area contributed by atoms with Crippen molar-refractivity contribution in [2.24, 2.45) is 0 Å². The van der Waals surface area contributed by atoms with E-state index in [0.29, 0.717) is 0 Å². The summed E-state index contributed by atoms with van der Waals surface area (Å²) in [7, 11) is 0. The number of carbonyl (C=O) groups is 3. The number of thiophene rings is 1. The monoisotopic (exact) mass is 504 g/mol. The van der Waals surface area contributed by atoms with Crippen LogP contribution in [-0.2, 0) is 10.9 Å². The van der Waals surface area contributed by atoms with Crippen LogP contribution in [0.25, 0.3) is 0 Å². The molecule has 34 heavy (non-hydrogen) atoms. The van der Waals surface area contributed by atoms with Crippen LogP contribution in [0.5, 0.6) is 0 Å². The highest BCUT2D eigenvalue weighted by molar-refractivity contribution is 7.80. The van der Waals surface area contributed by atoms with Gasteiger partial charge in [0.2, 0.25) is 0 Å². The fourth-order valence-electron chi connectivity index (χ4n) is 3.37. The fraction of sp³-hybridized carbons (Fsp3) is 0.130. The topological polar surface area (TPSA) is 66.9 Å². The van der Waals surface area contributed by atoms with Gasteiger partial charge in [0.05, 0.1) is 33.8 Å². The van der Waals surface area contributed by atoms with Crippen molar-refractivity contribution in [3.05, 3.63) is 87.6 Å². The van der Waals surface area contributed by atoms with E-state index >= 15 is 0 Å². The molecule has 4 rings (SSSR count). The molecular weight excluding hydrogens is 489 g/mol. The zero-order valence-electron chi connectivity index (χ0n) is 17.2. The lowest BCUT2D eigenvalue weighted by Crippen LogP contribution is -2.39. The summed E-state index contributed by atoms with van der Waals surface area (Å²) in [6, 6.07) is 13.6. The Labute approximate surface area is 201 Å². The quantitative estimate of drug-likeness (QED) is 0.361. The molecule has 3 aromatic rings. The van der Waals surface area contributed by atoms with Crippen molar-refractivity contribution >= 4 is 52.1 Å². The molecule has 0 saturated heterocycles. The van der Waals surface area contributed by atoms with Crippen molar-refractivity contribution in [2.75, 3.05) is 18.1 Å². The standard InChI is InChI=1S/C23H15F3N2O4S2/c24-23(25,26)14-5-3-6-15(13-14)28(21(31)18-9-4-12-34-18)22(33)32-11-10-27-19(29)16-7-1-2-8-17(16)20(27)30/h1-9,12-13H,10-11H2. The minimum atomic E-state index is -4.62. The molecule has 0 unspecified atom stereocenters. The van der Waals surface area contributed by atoms with Gasteiger partial charge in [0, 0.05) is 0 Å². The smallest absolute Gasteiger partial charge is 0.416 e. The lowest BCUT2D eigenvalue weighted by molar-refractivity contribution is -0.137. The average molecular weight is 505 g/mol. The number of carbonyl (C=O) groups excluding carboxylic acids is 3. The van der Waals surface area contributed by atoms with Gasteiger partial charge in [-0.2, -0.15) is 13.2 Å². The maximum absolute atomic E-state index is 13.2. The molecule has 3 amide bonds. The Bertz CT molecular complexity index is 1240. The Kier molecular flexibility index (Phi) is 6.49. The maximum atomic E-state index is 13.2. The number of halogens is 3. The van der Waals surface area contributed by atoms with E-state index in [1.54, 1.807) is 23.6 Å². The number of nitrogens with zero attached hydrogens (tertiary/aromatic N) is 2. The van der Waals surface area contributed by atoms with Crippen molar-refractivity contribution in [1.29, 1.82) is 0 Å². The third-order valence-corrected chi connectivity index (χ3v) is 6.13. The Hall–Kier alpha value is -3.57. The number of alkyl halides is 3. The highest BCUT2D eigenvalue weighted by Gasteiger charge is 2.35. The van der Waals surface area contributed by atoms with Gasteiger partial charge < -0.3 is 4.74 Å². The second-order valence-electron chi connectivity index (χ2n) is 7.09. The second kappa shape index (κ2) is 9.35. The lowest BCUT2D eigenvalue weighted by atomic mass is 10.1. The number of ether oxygens (including phenoxy) is 1. The van der Waals surface area contributed by atoms with Crippen molar-refractivity contribution in [2.45, 2.75) is 6.18 Å². The summed E-state index contributed by atoms with van der Waals surface area (Å²) in [6.07, 6.45) is -4.62. The van der Waals surface area contributed by atoms with E-state index in [-0.39, 0.29) is 34.8 Å². The number of rotatable bonds is 5. The van der Waals surface area contributed by atoms with Crippen molar-refractivity contribution < 1.29 is 32.3 Å². The predicted molar refractivity (Wildman–Crippen MR) is 123 cm³/mol. The SMILES string of the molecule is O=C1c2ccccc2C(=O)N1CCOC(=S)N(C(=O)c1cccs1)c1cccc(C(F)(F)F)c1. The van der Waals surface area contributed by atoms with Gasteiger partial charge in [0.25, 0.3) is 22.9 Å². The molecule has 6 nitrogen and oxygen atoms in total. The van der Waals surface area contributed by atoms with E-state index in [9.17, 15) is 27.6 Å². The molecule has 0 saturated carbocycles. The first-order valence-electron chi connectivity index (χ1n) is 9.85. The largest absolute Gasteiger partial charge is 0.468 e. The third kappa shape index (κ3) is 4.57. The van der Waals surface area contributed by atoms with Crippen molar-refractivity contribution in [3.63, 3.8) is 0 Å². The van der Waals surface area contributed by atoms with Crippen LogP contribution < -0.4 is 4.90 Å². The van der Waals surface area contributed by atoms with Gasteiger partial charge in [-0.1, -0.05) is 24.3 Å². The van der Waals surface area contributed by atoms with Crippen LogP contribution in [0.3, 0.4) is 0 Å². The number of fused-ring (bicyclic) bond motifs is 1. The van der Waals surface area contributed by atoms with Gasteiger partial charge >= 0.3 is 6.18 Å². The fourth-order valence-corrected chi connectivity index (χ4v) is 4.29. The first-order valence-corrected chi connectivity index (χ1v) is 11.1. The number of thiocarbonyl (C=S) groups is 1. The van der Waals surface area contributed by atoms with Crippen LogP contribution in [0.4, 0.5) is 18.9 Å². The second-order valence-corrected chi connectivity index (χ2v) is 8.38. The summed E-state index contributed by atoms with van der Waals surface area (Å²) < 4.78 is 45.2. The number of amides is 3. The molecule has 174 valence electrons. The normalized spacial score (nSPS) is 13.1. The Morgan fingerprint density at radius 3 is 2.26 bits per heavy atom. The summed E-state index contributed by atoms with van der Waals surface area (Å²) >= 11 is 6.32. The maximum Gasteiger partial charge on any atom is 0.416 e. The zero-order valence-corrected chi connectivity index (χ0v) is 18.9. The van der Waals surface area contributed by atoms with E-state index in [4.69, 9.17) is 17.0 Å². The summed E-state index contributed by atoms with van der Waals surface area (Å²) in [6.45, 7) is -0.409. The van der Waals surface area contributed by atoms with Crippen LogP contribution in [-0.4, -0.2) is 40.9 Å². The Morgan fingerprint density at radius 1 is 1.00 bits per heavy atom. The predicted octanol–water partition coefficient (Wildman–Crippen LogP) is 5.01.